The second-order valence-electron chi connectivity index (χ2n) is 8.68. The number of pyridine rings is 1. The van der Waals surface area contributed by atoms with E-state index in [0.717, 1.165) is 54.3 Å². The average Bonchev–Trinajstić information content (AvgIpc) is 2.79. The van der Waals surface area contributed by atoms with Crippen molar-refractivity contribution >= 4 is 16.8 Å². The van der Waals surface area contributed by atoms with Crippen LogP contribution in [0.4, 0.5) is 0 Å². The summed E-state index contributed by atoms with van der Waals surface area (Å²) in [6.07, 6.45) is 6.02. The van der Waals surface area contributed by atoms with Crippen LogP contribution in [0.5, 0.6) is 5.75 Å². The van der Waals surface area contributed by atoms with Crippen LogP contribution in [0.25, 0.3) is 10.9 Å². The van der Waals surface area contributed by atoms with Crippen LogP contribution >= 0.6 is 0 Å². The SMILES string of the molecule is CCC(NC(=O)c1ccc(C)cc1)C1CCC(N)(Oc2ccnc3ccccc23)CC1. The first-order valence-corrected chi connectivity index (χ1v) is 11.2. The lowest BCUT2D eigenvalue weighted by molar-refractivity contribution is 0.0162. The van der Waals surface area contributed by atoms with E-state index in [4.69, 9.17) is 10.5 Å². The first kappa shape index (κ1) is 21.3. The number of hydrogen-bond donors (Lipinski definition) is 2. The highest BCUT2D eigenvalue weighted by molar-refractivity contribution is 5.94. The van der Waals surface area contributed by atoms with Gasteiger partial charge in [-0.05, 0) is 62.4 Å². The normalized spacial score (nSPS) is 22.1. The van der Waals surface area contributed by atoms with Gasteiger partial charge in [-0.15, -0.1) is 0 Å². The molecule has 1 amide bonds. The molecular weight excluding hydrogens is 386 g/mol. The third-order valence-electron chi connectivity index (χ3n) is 6.44. The molecule has 0 radical (unpaired) electrons. The first-order valence-electron chi connectivity index (χ1n) is 11.2. The van der Waals surface area contributed by atoms with Crippen LogP contribution in [0.3, 0.4) is 0 Å². The topological polar surface area (TPSA) is 77.2 Å². The zero-order chi connectivity index (χ0) is 21.8. The van der Waals surface area contributed by atoms with Gasteiger partial charge in [0, 0.05) is 36.0 Å². The van der Waals surface area contributed by atoms with Crippen LogP contribution in [-0.4, -0.2) is 22.7 Å². The Balaban J connectivity index is 1.39. The predicted octanol–water partition coefficient (Wildman–Crippen LogP) is 4.98. The summed E-state index contributed by atoms with van der Waals surface area (Å²) in [5, 5.41) is 4.22. The molecule has 1 atom stereocenters. The number of nitrogens with two attached hydrogens (primary N) is 1. The summed E-state index contributed by atoms with van der Waals surface area (Å²) in [5.74, 6) is 1.18. The summed E-state index contributed by atoms with van der Waals surface area (Å²) in [5.41, 5.74) is 8.73. The number of para-hydroxylation sites is 1. The second kappa shape index (κ2) is 9.06. The van der Waals surface area contributed by atoms with Crippen LogP contribution in [0.15, 0.2) is 60.8 Å². The Labute approximate surface area is 184 Å². The van der Waals surface area contributed by atoms with Crippen molar-refractivity contribution in [2.24, 2.45) is 11.7 Å². The fraction of sp³-hybridized carbons (Fsp3) is 0.385. The third-order valence-corrected chi connectivity index (χ3v) is 6.44. The van der Waals surface area contributed by atoms with Gasteiger partial charge in [-0.3, -0.25) is 15.5 Å². The van der Waals surface area contributed by atoms with Crippen molar-refractivity contribution in [2.75, 3.05) is 0 Å². The smallest absolute Gasteiger partial charge is 0.251 e. The maximum Gasteiger partial charge on any atom is 0.251 e. The molecule has 31 heavy (non-hydrogen) atoms. The summed E-state index contributed by atoms with van der Waals surface area (Å²) in [7, 11) is 0. The van der Waals surface area contributed by atoms with E-state index in [9.17, 15) is 4.79 Å². The highest BCUT2D eigenvalue weighted by atomic mass is 16.5. The van der Waals surface area contributed by atoms with Gasteiger partial charge in [0.05, 0.1) is 5.52 Å². The van der Waals surface area contributed by atoms with E-state index in [1.807, 2.05) is 61.5 Å². The molecule has 0 bridgehead atoms. The Morgan fingerprint density at radius 3 is 2.58 bits per heavy atom. The molecular formula is C26H31N3O2. The van der Waals surface area contributed by atoms with E-state index < -0.39 is 5.72 Å². The third kappa shape index (κ3) is 4.88. The first-order chi connectivity index (χ1) is 15.0. The van der Waals surface area contributed by atoms with E-state index in [0.29, 0.717) is 11.5 Å². The summed E-state index contributed by atoms with van der Waals surface area (Å²) in [6.45, 7) is 4.15. The standard InChI is InChI=1S/C26H31N3O2/c1-3-22(29-25(30)20-10-8-18(2)9-11-20)19-12-15-26(27,16-13-19)31-24-14-17-28-23-7-5-4-6-21(23)24/h4-11,14,17,19,22H,3,12-13,15-16,27H2,1-2H3,(H,29,30). The Morgan fingerprint density at radius 1 is 1.16 bits per heavy atom. The van der Waals surface area contributed by atoms with Crippen LogP contribution in [0.2, 0.25) is 0 Å². The number of fused-ring (bicyclic) bond motifs is 1. The van der Waals surface area contributed by atoms with Gasteiger partial charge in [-0.1, -0.05) is 36.8 Å². The number of carbonyl (C=O) groups excluding carboxylic acids is 1. The molecule has 0 spiro atoms. The van der Waals surface area contributed by atoms with Crippen molar-refractivity contribution in [3.63, 3.8) is 0 Å². The number of rotatable bonds is 6. The van der Waals surface area contributed by atoms with Crippen molar-refractivity contribution in [2.45, 2.75) is 57.7 Å². The fourth-order valence-corrected chi connectivity index (χ4v) is 4.52. The van der Waals surface area contributed by atoms with Gasteiger partial charge in [0.25, 0.3) is 5.91 Å². The van der Waals surface area contributed by atoms with Crippen molar-refractivity contribution in [1.29, 1.82) is 0 Å². The Morgan fingerprint density at radius 2 is 1.87 bits per heavy atom. The quantitative estimate of drug-likeness (QED) is 0.555. The molecule has 5 heteroatoms. The molecule has 1 aliphatic carbocycles. The van der Waals surface area contributed by atoms with Gasteiger partial charge >= 0.3 is 0 Å². The van der Waals surface area contributed by atoms with E-state index >= 15 is 0 Å². The van der Waals surface area contributed by atoms with Crippen molar-refractivity contribution in [1.82, 2.24) is 10.3 Å². The number of amides is 1. The molecule has 1 saturated carbocycles. The molecule has 162 valence electrons. The van der Waals surface area contributed by atoms with Crippen molar-refractivity contribution < 1.29 is 9.53 Å². The van der Waals surface area contributed by atoms with Crippen LogP contribution in [-0.2, 0) is 0 Å². The lowest BCUT2D eigenvalue weighted by atomic mass is 9.79. The Bertz CT molecular complexity index is 1030. The maximum atomic E-state index is 12.7. The molecule has 2 aromatic carbocycles. The number of carbonyl (C=O) groups is 1. The second-order valence-corrected chi connectivity index (χ2v) is 8.68. The lowest BCUT2D eigenvalue weighted by Gasteiger charge is -2.40. The van der Waals surface area contributed by atoms with Gasteiger partial charge < -0.3 is 10.1 Å². The molecule has 1 aliphatic rings. The zero-order valence-corrected chi connectivity index (χ0v) is 18.3. The number of aromatic nitrogens is 1. The minimum atomic E-state index is -0.695. The Hall–Kier alpha value is -2.92. The van der Waals surface area contributed by atoms with Crippen molar-refractivity contribution in [3.8, 4) is 5.75 Å². The number of aryl methyl sites for hydroxylation is 1. The molecule has 3 aromatic rings. The van der Waals surface area contributed by atoms with Gasteiger partial charge in [0.1, 0.15) is 5.75 Å². The minimum Gasteiger partial charge on any atom is -0.472 e. The minimum absolute atomic E-state index is 0.00376. The number of ether oxygens (including phenoxy) is 1. The van der Waals surface area contributed by atoms with E-state index in [-0.39, 0.29) is 11.9 Å². The molecule has 1 heterocycles. The summed E-state index contributed by atoms with van der Waals surface area (Å²) in [4.78, 5) is 17.1. The average molecular weight is 418 g/mol. The van der Waals surface area contributed by atoms with Gasteiger partial charge in [0.2, 0.25) is 0 Å². The molecule has 5 nitrogen and oxygen atoms in total. The van der Waals surface area contributed by atoms with Gasteiger partial charge in [0.15, 0.2) is 5.72 Å². The maximum absolute atomic E-state index is 12.7. The number of benzene rings is 2. The van der Waals surface area contributed by atoms with E-state index in [2.05, 4.69) is 17.2 Å². The molecule has 1 unspecified atom stereocenters. The predicted molar refractivity (Wildman–Crippen MR) is 124 cm³/mol. The summed E-state index contributed by atoms with van der Waals surface area (Å²) >= 11 is 0. The molecule has 4 rings (SSSR count). The highest BCUT2D eigenvalue weighted by Crippen LogP contribution is 2.36. The van der Waals surface area contributed by atoms with Crippen LogP contribution < -0.4 is 15.8 Å². The highest BCUT2D eigenvalue weighted by Gasteiger charge is 2.37. The summed E-state index contributed by atoms with van der Waals surface area (Å²) < 4.78 is 6.33. The monoisotopic (exact) mass is 417 g/mol. The van der Waals surface area contributed by atoms with E-state index in [1.54, 1.807) is 6.20 Å². The molecule has 1 aromatic heterocycles. The molecule has 0 aliphatic heterocycles. The van der Waals surface area contributed by atoms with Gasteiger partial charge in [-0.25, -0.2) is 0 Å². The largest absolute Gasteiger partial charge is 0.472 e. The molecule has 3 N–H and O–H groups in total. The molecule has 1 fully saturated rings. The van der Waals surface area contributed by atoms with E-state index in [1.165, 1.54) is 0 Å². The van der Waals surface area contributed by atoms with Crippen LogP contribution in [0.1, 0.15) is 54.9 Å². The fourth-order valence-electron chi connectivity index (χ4n) is 4.52. The number of nitrogens with one attached hydrogen (secondary N) is 1. The Kier molecular flexibility index (Phi) is 6.23. The zero-order valence-electron chi connectivity index (χ0n) is 18.3. The van der Waals surface area contributed by atoms with Crippen molar-refractivity contribution in [3.05, 3.63) is 71.9 Å². The number of nitrogens with zero attached hydrogens (tertiary/aromatic N) is 1. The summed E-state index contributed by atoms with van der Waals surface area (Å²) in [6, 6.07) is 17.7. The van der Waals surface area contributed by atoms with Crippen LogP contribution in [0, 0.1) is 12.8 Å². The number of hydrogen-bond acceptors (Lipinski definition) is 4. The lowest BCUT2D eigenvalue weighted by Crippen LogP contribution is -2.51. The van der Waals surface area contributed by atoms with Gasteiger partial charge in [-0.2, -0.15) is 0 Å². The molecule has 0 saturated heterocycles.